The van der Waals surface area contributed by atoms with Crippen LogP contribution in [0.1, 0.15) is 45.5 Å². The van der Waals surface area contributed by atoms with Crippen LogP contribution in [-0.2, 0) is 6.42 Å². The number of aliphatic imine (C=N–C) groups is 1. The molecule has 1 amide bonds. The normalized spacial score (nSPS) is 18.0. The van der Waals surface area contributed by atoms with Crippen molar-refractivity contribution >= 4 is 23.5 Å². The van der Waals surface area contributed by atoms with Gasteiger partial charge < -0.3 is 11.5 Å². The van der Waals surface area contributed by atoms with E-state index < -0.39 is 5.91 Å². The van der Waals surface area contributed by atoms with Crippen LogP contribution >= 0.6 is 11.6 Å². The van der Waals surface area contributed by atoms with Crippen molar-refractivity contribution in [2.75, 3.05) is 0 Å². The van der Waals surface area contributed by atoms with E-state index in [1.807, 2.05) is 0 Å². The van der Waals surface area contributed by atoms with Crippen molar-refractivity contribution in [1.29, 1.82) is 0 Å². The third-order valence-electron chi connectivity index (χ3n) is 2.99. The first-order valence-electron chi connectivity index (χ1n) is 5.77. The lowest BCUT2D eigenvalue weighted by Crippen LogP contribution is -2.24. The van der Waals surface area contributed by atoms with Crippen molar-refractivity contribution in [2.24, 2.45) is 16.5 Å². The molecule has 1 aliphatic carbocycles. The van der Waals surface area contributed by atoms with E-state index in [9.17, 15) is 4.79 Å². The number of aromatic nitrogens is 1. The minimum atomic E-state index is -0.459. The zero-order valence-electron chi connectivity index (χ0n) is 10.1. The van der Waals surface area contributed by atoms with Gasteiger partial charge in [0.25, 0.3) is 5.91 Å². The maximum Gasteiger partial charge on any atom is 0.282 e. The number of carbonyl (C=O) groups is 1. The van der Waals surface area contributed by atoms with Gasteiger partial charge in [0.15, 0.2) is 5.96 Å². The van der Waals surface area contributed by atoms with Gasteiger partial charge in [-0.05, 0) is 37.8 Å². The summed E-state index contributed by atoms with van der Waals surface area (Å²) in [5.74, 6) is -0.702. The minimum Gasteiger partial charge on any atom is -0.370 e. The summed E-state index contributed by atoms with van der Waals surface area (Å²) in [6.07, 6.45) is 2.80. The SMILES string of the molecule is Cc1nc2c(cc1C(=O)N=C(N)N)CCCC2Cl. The minimum absolute atomic E-state index is 0.0697. The number of aryl methyl sites for hydroxylation is 2. The molecule has 0 aliphatic heterocycles. The van der Waals surface area contributed by atoms with Crippen LogP contribution in [0.3, 0.4) is 0 Å². The Morgan fingerprint density at radius 1 is 1.56 bits per heavy atom. The lowest BCUT2D eigenvalue weighted by atomic mass is 9.93. The van der Waals surface area contributed by atoms with Gasteiger partial charge in [-0.3, -0.25) is 9.78 Å². The molecule has 1 aromatic rings. The van der Waals surface area contributed by atoms with Crippen LogP contribution in [-0.4, -0.2) is 16.9 Å². The molecule has 0 spiro atoms. The number of pyridine rings is 1. The molecule has 0 saturated heterocycles. The monoisotopic (exact) mass is 266 g/mol. The third kappa shape index (κ3) is 2.46. The molecule has 5 nitrogen and oxygen atoms in total. The highest BCUT2D eigenvalue weighted by Crippen LogP contribution is 2.34. The van der Waals surface area contributed by atoms with Crippen LogP contribution in [0.15, 0.2) is 11.1 Å². The Kier molecular flexibility index (Phi) is 3.52. The number of fused-ring (bicyclic) bond motifs is 1. The van der Waals surface area contributed by atoms with Gasteiger partial charge in [-0.25, -0.2) is 0 Å². The number of halogens is 1. The highest BCUT2D eigenvalue weighted by molar-refractivity contribution is 6.20. The fraction of sp³-hybridized carbons (Fsp3) is 0.417. The molecule has 1 aliphatic rings. The zero-order valence-corrected chi connectivity index (χ0v) is 10.9. The van der Waals surface area contributed by atoms with Crippen molar-refractivity contribution in [3.05, 3.63) is 28.6 Å². The maximum atomic E-state index is 11.8. The van der Waals surface area contributed by atoms with Crippen molar-refractivity contribution in [3.8, 4) is 0 Å². The zero-order chi connectivity index (χ0) is 13.3. The average molecular weight is 267 g/mol. The molecule has 0 radical (unpaired) electrons. The first kappa shape index (κ1) is 12.8. The van der Waals surface area contributed by atoms with E-state index in [-0.39, 0.29) is 11.3 Å². The first-order chi connectivity index (χ1) is 8.49. The number of amides is 1. The second-order valence-electron chi connectivity index (χ2n) is 4.37. The van der Waals surface area contributed by atoms with E-state index in [0.717, 1.165) is 30.5 Å². The third-order valence-corrected chi connectivity index (χ3v) is 3.41. The fourth-order valence-corrected chi connectivity index (χ4v) is 2.48. The van der Waals surface area contributed by atoms with Gasteiger partial charge in [-0.15, -0.1) is 11.6 Å². The molecule has 0 fully saturated rings. The van der Waals surface area contributed by atoms with Crippen molar-refractivity contribution in [2.45, 2.75) is 31.6 Å². The topological polar surface area (TPSA) is 94.4 Å². The molecule has 0 aromatic carbocycles. The fourth-order valence-electron chi connectivity index (χ4n) is 2.14. The summed E-state index contributed by atoms with van der Waals surface area (Å²) in [5.41, 5.74) is 13.3. The first-order valence-corrected chi connectivity index (χ1v) is 6.21. The standard InChI is InChI=1S/C12H15ClN4O/c1-6-8(11(18)17-12(14)15)5-7-3-2-4-9(13)10(7)16-6/h5,9H,2-4H2,1H3,(H4,14,15,17,18). The maximum absolute atomic E-state index is 11.8. The Bertz CT molecular complexity index is 523. The van der Waals surface area contributed by atoms with E-state index in [1.165, 1.54) is 0 Å². The largest absolute Gasteiger partial charge is 0.370 e. The number of alkyl halides is 1. The Labute approximate surface area is 110 Å². The molecule has 2 rings (SSSR count). The van der Waals surface area contributed by atoms with Gasteiger partial charge in [-0.2, -0.15) is 4.99 Å². The Hall–Kier alpha value is -1.62. The summed E-state index contributed by atoms with van der Waals surface area (Å²) in [5, 5.41) is -0.0697. The predicted molar refractivity (Wildman–Crippen MR) is 70.6 cm³/mol. The lowest BCUT2D eigenvalue weighted by Gasteiger charge is -2.20. The van der Waals surface area contributed by atoms with Crippen LogP contribution in [0.25, 0.3) is 0 Å². The number of rotatable bonds is 1. The Morgan fingerprint density at radius 3 is 2.94 bits per heavy atom. The van der Waals surface area contributed by atoms with Crippen molar-refractivity contribution in [1.82, 2.24) is 4.98 Å². The van der Waals surface area contributed by atoms with Gasteiger partial charge in [0.2, 0.25) is 0 Å². The quantitative estimate of drug-likeness (QED) is 0.457. The summed E-state index contributed by atoms with van der Waals surface area (Å²) in [4.78, 5) is 19.8. The van der Waals surface area contributed by atoms with Gasteiger partial charge >= 0.3 is 0 Å². The van der Waals surface area contributed by atoms with E-state index in [1.54, 1.807) is 13.0 Å². The summed E-state index contributed by atoms with van der Waals surface area (Å²) in [6, 6.07) is 1.81. The van der Waals surface area contributed by atoms with E-state index in [2.05, 4.69) is 9.98 Å². The molecule has 18 heavy (non-hydrogen) atoms. The summed E-state index contributed by atoms with van der Waals surface area (Å²) in [6.45, 7) is 1.76. The van der Waals surface area contributed by atoms with Crippen LogP contribution < -0.4 is 11.5 Å². The Balaban J connectivity index is 2.45. The van der Waals surface area contributed by atoms with Gasteiger partial charge in [-0.1, -0.05) is 0 Å². The van der Waals surface area contributed by atoms with E-state index >= 15 is 0 Å². The van der Waals surface area contributed by atoms with Gasteiger partial charge in [0.1, 0.15) is 0 Å². The van der Waals surface area contributed by atoms with Crippen LogP contribution in [0.2, 0.25) is 0 Å². The smallest absolute Gasteiger partial charge is 0.282 e. The number of hydrogen-bond acceptors (Lipinski definition) is 2. The summed E-state index contributed by atoms with van der Waals surface area (Å²) < 4.78 is 0. The average Bonchev–Trinajstić information content (AvgIpc) is 2.28. The molecular formula is C12H15ClN4O. The molecule has 96 valence electrons. The van der Waals surface area contributed by atoms with Crippen LogP contribution in [0.4, 0.5) is 0 Å². The number of nitrogens with zero attached hydrogens (tertiary/aromatic N) is 2. The predicted octanol–water partition coefficient (Wildman–Crippen LogP) is 1.42. The second-order valence-corrected chi connectivity index (χ2v) is 4.89. The highest BCUT2D eigenvalue weighted by atomic mass is 35.5. The number of hydrogen-bond donors (Lipinski definition) is 2. The highest BCUT2D eigenvalue weighted by Gasteiger charge is 2.22. The summed E-state index contributed by atoms with van der Waals surface area (Å²) in [7, 11) is 0. The molecule has 1 atom stereocenters. The lowest BCUT2D eigenvalue weighted by molar-refractivity contribution is 0.100. The second kappa shape index (κ2) is 4.94. The van der Waals surface area contributed by atoms with Crippen LogP contribution in [0, 0.1) is 6.92 Å². The van der Waals surface area contributed by atoms with E-state index in [4.69, 9.17) is 23.1 Å². The van der Waals surface area contributed by atoms with Gasteiger partial charge in [0.05, 0.1) is 22.3 Å². The molecule has 1 heterocycles. The molecule has 1 aromatic heterocycles. The molecular weight excluding hydrogens is 252 g/mol. The van der Waals surface area contributed by atoms with E-state index in [0.29, 0.717) is 11.3 Å². The van der Waals surface area contributed by atoms with Crippen LogP contribution in [0.5, 0.6) is 0 Å². The molecule has 4 N–H and O–H groups in total. The number of guanidine groups is 1. The summed E-state index contributed by atoms with van der Waals surface area (Å²) >= 11 is 6.22. The van der Waals surface area contributed by atoms with Crippen molar-refractivity contribution in [3.63, 3.8) is 0 Å². The molecule has 1 unspecified atom stereocenters. The molecule has 6 heteroatoms. The Morgan fingerprint density at radius 2 is 2.28 bits per heavy atom. The van der Waals surface area contributed by atoms with Crippen molar-refractivity contribution < 1.29 is 4.79 Å². The molecule has 0 bridgehead atoms. The number of carbonyl (C=O) groups excluding carboxylic acids is 1. The number of nitrogens with two attached hydrogens (primary N) is 2. The molecule has 0 saturated carbocycles. The van der Waals surface area contributed by atoms with Gasteiger partial charge in [0, 0.05) is 0 Å².